The average molecular weight is 685 g/mol. The Kier molecular flexibility index (Phi) is 25.9. The Morgan fingerprint density at radius 3 is 0.898 bits per heavy atom. The molecule has 0 bridgehead atoms. The van der Waals surface area contributed by atoms with Crippen molar-refractivity contribution in [2.75, 3.05) is 44.0 Å². The van der Waals surface area contributed by atoms with Crippen molar-refractivity contribution in [1.29, 1.82) is 0 Å². The number of methoxy groups -OCH3 is 1. The number of unbranched alkanes of at least 4 members (excludes halogenated alkanes) is 16. The van der Waals surface area contributed by atoms with Gasteiger partial charge in [-0.15, -0.1) is 10.5 Å². The summed E-state index contributed by atoms with van der Waals surface area (Å²) in [5.41, 5.74) is 3.93. The predicted octanol–water partition coefficient (Wildman–Crippen LogP) is 12.6. The monoisotopic (exact) mass is 685 g/mol. The van der Waals surface area contributed by atoms with Crippen molar-refractivity contribution in [3.63, 3.8) is 0 Å². The predicted molar refractivity (Wildman–Crippen MR) is 206 cm³/mol. The highest BCUT2D eigenvalue weighted by molar-refractivity contribution is 5.48. The standard InChI is InChI=1S/C42H72N2O5/c1-6-10-14-18-22-34-46-43(47-35-23-19-15-11-7-2)40-30-26-38(27-31-40)42(45-5)39-28-32-41(33-29-39)44(48-36-24-20-16-12-8-3)49-37-25-21-17-13-9-4/h26-33,42H,6-25,34-37H2,1-5H3. The van der Waals surface area contributed by atoms with Crippen LogP contribution in [-0.2, 0) is 24.1 Å². The van der Waals surface area contributed by atoms with Crippen LogP contribution in [0.3, 0.4) is 0 Å². The van der Waals surface area contributed by atoms with Crippen molar-refractivity contribution in [3.05, 3.63) is 59.7 Å². The summed E-state index contributed by atoms with van der Waals surface area (Å²) in [7, 11) is 1.76. The highest BCUT2D eigenvalue weighted by atomic mass is 17.0. The number of benzene rings is 2. The van der Waals surface area contributed by atoms with Gasteiger partial charge in [0.25, 0.3) is 0 Å². The molecule has 0 aliphatic carbocycles. The Bertz CT molecular complexity index is 892. The molecule has 2 rings (SSSR count). The Hall–Kier alpha value is -2.16. The molecular weight excluding hydrogens is 612 g/mol. The molecular formula is C42H72N2O5. The van der Waals surface area contributed by atoms with Gasteiger partial charge in [-0.3, -0.25) is 0 Å². The van der Waals surface area contributed by atoms with E-state index in [1.807, 2.05) is 0 Å². The van der Waals surface area contributed by atoms with Crippen molar-refractivity contribution < 1.29 is 24.1 Å². The van der Waals surface area contributed by atoms with Gasteiger partial charge in [-0.1, -0.05) is 155 Å². The van der Waals surface area contributed by atoms with Gasteiger partial charge in [0.15, 0.2) is 0 Å². The number of rotatable bonds is 33. The summed E-state index contributed by atoms with van der Waals surface area (Å²) in [6.07, 6.45) is 23.7. The lowest BCUT2D eigenvalue weighted by molar-refractivity contribution is -0.0916. The first-order chi connectivity index (χ1) is 24.2. The lowest BCUT2D eigenvalue weighted by Crippen LogP contribution is -2.25. The van der Waals surface area contributed by atoms with Crippen LogP contribution >= 0.6 is 0 Å². The Balaban J connectivity index is 2.05. The molecule has 0 N–H and O–H groups in total. The van der Waals surface area contributed by atoms with Crippen molar-refractivity contribution in [1.82, 2.24) is 0 Å². The lowest BCUT2D eigenvalue weighted by Gasteiger charge is -2.25. The minimum atomic E-state index is -0.206. The van der Waals surface area contributed by atoms with E-state index in [0.717, 1.165) is 48.2 Å². The largest absolute Gasteiger partial charge is 0.372 e. The zero-order chi connectivity index (χ0) is 35.2. The summed E-state index contributed by atoms with van der Waals surface area (Å²) >= 11 is 0. The molecule has 0 spiro atoms. The fourth-order valence-corrected chi connectivity index (χ4v) is 5.79. The zero-order valence-electron chi connectivity index (χ0n) is 32.1. The lowest BCUT2D eigenvalue weighted by atomic mass is 10.0. The molecule has 2 aromatic carbocycles. The first-order valence-corrected chi connectivity index (χ1v) is 20.0. The van der Waals surface area contributed by atoms with Crippen LogP contribution in [0, 0.1) is 0 Å². The van der Waals surface area contributed by atoms with Gasteiger partial charge in [-0.25, -0.2) is 19.4 Å². The summed E-state index contributed by atoms with van der Waals surface area (Å²) in [6, 6.07) is 16.7. The van der Waals surface area contributed by atoms with E-state index in [-0.39, 0.29) is 6.10 Å². The van der Waals surface area contributed by atoms with Crippen molar-refractivity contribution in [3.8, 4) is 0 Å². The number of nitrogens with zero attached hydrogens (tertiary/aromatic N) is 2. The molecule has 280 valence electrons. The van der Waals surface area contributed by atoms with E-state index < -0.39 is 0 Å². The maximum absolute atomic E-state index is 6.14. The van der Waals surface area contributed by atoms with Gasteiger partial charge in [-0.05, 0) is 61.1 Å². The molecule has 0 heterocycles. The summed E-state index contributed by atoms with van der Waals surface area (Å²) in [4.78, 5) is 24.6. The van der Waals surface area contributed by atoms with Crippen LogP contribution < -0.4 is 10.5 Å². The summed E-state index contributed by atoms with van der Waals surface area (Å²) < 4.78 is 6.02. The molecule has 0 amide bonds. The normalized spacial score (nSPS) is 11.5. The first kappa shape index (κ1) is 43.0. The molecule has 0 saturated heterocycles. The molecule has 0 atom stereocenters. The van der Waals surface area contributed by atoms with Crippen LogP contribution in [0.4, 0.5) is 11.4 Å². The highest BCUT2D eigenvalue weighted by Gasteiger charge is 2.17. The van der Waals surface area contributed by atoms with Crippen LogP contribution in [-0.4, -0.2) is 33.5 Å². The van der Waals surface area contributed by atoms with Gasteiger partial charge in [0, 0.05) is 7.11 Å². The van der Waals surface area contributed by atoms with E-state index in [1.165, 1.54) is 103 Å². The Morgan fingerprint density at radius 1 is 0.388 bits per heavy atom. The van der Waals surface area contributed by atoms with Crippen LogP contribution in [0.5, 0.6) is 0 Å². The average Bonchev–Trinajstić information content (AvgIpc) is 3.13. The minimum absolute atomic E-state index is 0.206. The van der Waals surface area contributed by atoms with Gasteiger partial charge >= 0.3 is 0 Å². The molecule has 0 fully saturated rings. The highest BCUT2D eigenvalue weighted by Crippen LogP contribution is 2.30. The fraction of sp³-hybridized carbons (Fsp3) is 0.714. The topological polar surface area (TPSA) is 52.6 Å². The van der Waals surface area contributed by atoms with E-state index in [2.05, 4.69) is 76.2 Å². The number of ether oxygens (including phenoxy) is 1. The number of hydrogen-bond donors (Lipinski definition) is 0. The molecule has 2 aromatic rings. The molecule has 0 aromatic heterocycles. The van der Waals surface area contributed by atoms with E-state index in [9.17, 15) is 0 Å². The van der Waals surface area contributed by atoms with Gasteiger partial charge in [-0.2, -0.15) is 0 Å². The van der Waals surface area contributed by atoms with Crippen LogP contribution in [0.1, 0.15) is 173 Å². The van der Waals surface area contributed by atoms with Crippen molar-refractivity contribution >= 4 is 11.4 Å². The van der Waals surface area contributed by atoms with Crippen LogP contribution in [0.25, 0.3) is 0 Å². The van der Waals surface area contributed by atoms with E-state index in [0.29, 0.717) is 26.4 Å². The van der Waals surface area contributed by atoms with Gasteiger partial charge in [0.2, 0.25) is 0 Å². The zero-order valence-corrected chi connectivity index (χ0v) is 32.1. The third kappa shape index (κ3) is 19.1. The Morgan fingerprint density at radius 2 is 0.653 bits per heavy atom. The van der Waals surface area contributed by atoms with Gasteiger partial charge in [0.1, 0.15) is 6.10 Å². The smallest absolute Gasteiger partial charge is 0.107 e. The molecule has 0 unspecified atom stereocenters. The van der Waals surface area contributed by atoms with E-state index in [4.69, 9.17) is 24.1 Å². The molecule has 7 heteroatoms. The fourth-order valence-electron chi connectivity index (χ4n) is 5.79. The van der Waals surface area contributed by atoms with Crippen LogP contribution in [0.2, 0.25) is 0 Å². The molecule has 0 aliphatic heterocycles. The van der Waals surface area contributed by atoms with Crippen molar-refractivity contribution in [2.45, 2.75) is 162 Å². The third-order valence-corrected chi connectivity index (χ3v) is 8.87. The number of hydrogen-bond acceptors (Lipinski definition) is 7. The SMILES string of the molecule is CCCCCCCON(OCCCCCCC)c1ccc(C(OC)c2ccc(N(OCCCCCCC)OCCCCCCC)cc2)cc1. The third-order valence-electron chi connectivity index (χ3n) is 8.87. The Labute approximate surface area is 300 Å². The maximum Gasteiger partial charge on any atom is 0.107 e. The summed E-state index contributed by atoms with van der Waals surface area (Å²) in [6.45, 7) is 11.6. The van der Waals surface area contributed by atoms with Crippen LogP contribution in [0.15, 0.2) is 48.5 Å². The molecule has 0 radical (unpaired) electrons. The first-order valence-electron chi connectivity index (χ1n) is 20.0. The molecule has 0 aliphatic rings. The molecule has 0 saturated carbocycles. The second kappa shape index (κ2) is 29.6. The molecule has 49 heavy (non-hydrogen) atoms. The quantitative estimate of drug-likeness (QED) is 0.0548. The van der Waals surface area contributed by atoms with Gasteiger partial charge in [0.05, 0.1) is 37.8 Å². The second-order valence-electron chi connectivity index (χ2n) is 13.3. The second-order valence-corrected chi connectivity index (χ2v) is 13.3. The minimum Gasteiger partial charge on any atom is -0.372 e. The number of anilines is 2. The summed E-state index contributed by atoms with van der Waals surface area (Å²) in [5.74, 6) is 0. The van der Waals surface area contributed by atoms with Gasteiger partial charge < -0.3 is 4.74 Å². The maximum atomic E-state index is 6.14. The molecule has 7 nitrogen and oxygen atoms in total. The van der Waals surface area contributed by atoms with E-state index >= 15 is 0 Å². The van der Waals surface area contributed by atoms with Crippen molar-refractivity contribution in [2.24, 2.45) is 0 Å². The summed E-state index contributed by atoms with van der Waals surface area (Å²) in [5, 5.41) is 3.25. The van der Waals surface area contributed by atoms with E-state index in [1.54, 1.807) is 17.6 Å².